The minimum absolute atomic E-state index is 0.0174. The van der Waals surface area contributed by atoms with Gasteiger partial charge < -0.3 is 14.4 Å². The Kier molecular flexibility index (Phi) is 7.46. The first-order valence-corrected chi connectivity index (χ1v) is 17.2. The van der Waals surface area contributed by atoms with Crippen molar-refractivity contribution in [1.29, 1.82) is 0 Å². The summed E-state index contributed by atoms with van der Waals surface area (Å²) < 4.78 is 28.4. The number of hydrogen-bond acceptors (Lipinski definition) is 8. The number of rotatable bonds is 5. The fourth-order valence-corrected chi connectivity index (χ4v) is 8.63. The molecule has 248 valence electrons. The van der Waals surface area contributed by atoms with E-state index in [-0.39, 0.29) is 29.7 Å². The van der Waals surface area contributed by atoms with Crippen LogP contribution in [-0.2, 0) is 4.74 Å². The molecular formula is C34H38Cl2FN7O3. The van der Waals surface area contributed by atoms with E-state index in [4.69, 9.17) is 42.6 Å². The zero-order valence-electron chi connectivity index (χ0n) is 26.8. The SMILES string of the molecule is CC(C)(C)OC(=O)N1C2CCC1CN(c1nc(OC[C@@]34CCCN3C[C@H](F)C4)nc3cc(-n4ncc5cccc(Cl)c54)c(Cl)cc13)C2. The van der Waals surface area contributed by atoms with Crippen LogP contribution in [0.25, 0.3) is 27.5 Å². The molecule has 4 saturated heterocycles. The third-order valence-corrected chi connectivity index (χ3v) is 10.7. The number of fused-ring (bicyclic) bond motifs is 5. The standard InChI is InChI=1S/C34H38Cl2FN7O3/c1-33(2,3)47-32(45)43-22-8-9-23(43)18-41(17-22)30-24-12-26(36)28(44-29-20(15-38-44)6-4-7-25(29)35)13-27(24)39-31(40-30)46-19-34-10-5-11-42(34)16-21(37)14-34/h4,6-7,12-13,15,21-23H,5,8-11,14,16-19H2,1-3H3/t21-,22?,23?,34+/m1/s1. The molecule has 0 saturated carbocycles. The van der Waals surface area contributed by atoms with Crippen LogP contribution in [0.4, 0.5) is 15.0 Å². The van der Waals surface area contributed by atoms with Crippen molar-refractivity contribution in [3.8, 4) is 11.7 Å². The molecule has 0 spiro atoms. The van der Waals surface area contributed by atoms with Crippen molar-refractivity contribution in [3.05, 3.63) is 46.6 Å². The van der Waals surface area contributed by atoms with Crippen LogP contribution in [0.3, 0.4) is 0 Å². The highest BCUT2D eigenvalue weighted by atomic mass is 35.5. The van der Waals surface area contributed by atoms with E-state index < -0.39 is 11.8 Å². The summed E-state index contributed by atoms with van der Waals surface area (Å²) in [7, 11) is 0. The van der Waals surface area contributed by atoms with Gasteiger partial charge >= 0.3 is 12.1 Å². The molecule has 0 aliphatic carbocycles. The third-order valence-electron chi connectivity index (χ3n) is 10.1. The van der Waals surface area contributed by atoms with Crippen LogP contribution in [0.2, 0.25) is 10.0 Å². The van der Waals surface area contributed by atoms with Gasteiger partial charge in [0.2, 0.25) is 0 Å². The summed E-state index contributed by atoms with van der Waals surface area (Å²) in [5.74, 6) is 0.693. The zero-order valence-corrected chi connectivity index (χ0v) is 28.3. The lowest BCUT2D eigenvalue weighted by atomic mass is 9.95. The van der Waals surface area contributed by atoms with Gasteiger partial charge in [-0.2, -0.15) is 15.1 Å². The highest BCUT2D eigenvalue weighted by Crippen LogP contribution is 2.42. The number of halogens is 3. The number of amides is 1. The van der Waals surface area contributed by atoms with E-state index in [1.165, 1.54) is 0 Å². The minimum Gasteiger partial charge on any atom is -0.461 e. The van der Waals surface area contributed by atoms with E-state index in [0.29, 0.717) is 59.7 Å². The van der Waals surface area contributed by atoms with E-state index in [0.717, 1.165) is 48.5 Å². The number of para-hydroxylation sites is 1. The lowest BCUT2D eigenvalue weighted by Crippen LogP contribution is -2.57. The van der Waals surface area contributed by atoms with Crippen molar-refractivity contribution >= 4 is 56.9 Å². The van der Waals surface area contributed by atoms with Crippen molar-refractivity contribution < 1.29 is 18.7 Å². The number of ether oxygens (including phenoxy) is 2. The second-order valence-corrected chi connectivity index (χ2v) is 15.2. The zero-order chi connectivity index (χ0) is 32.7. The maximum atomic E-state index is 14.5. The number of nitrogens with zero attached hydrogens (tertiary/aromatic N) is 7. The Balaban J connectivity index is 1.18. The Hall–Kier alpha value is -3.41. The minimum atomic E-state index is -0.857. The maximum absolute atomic E-state index is 14.5. The van der Waals surface area contributed by atoms with Gasteiger partial charge in [-0.3, -0.25) is 9.80 Å². The second kappa shape index (κ2) is 11.3. The summed E-state index contributed by atoms with van der Waals surface area (Å²) in [5.41, 5.74) is 1.10. The molecule has 2 aromatic carbocycles. The van der Waals surface area contributed by atoms with Crippen LogP contribution in [0.5, 0.6) is 6.01 Å². The molecule has 2 unspecified atom stereocenters. The average Bonchev–Trinajstić information content (AvgIpc) is 3.75. The first-order valence-electron chi connectivity index (χ1n) is 16.4. The Morgan fingerprint density at radius 2 is 1.87 bits per heavy atom. The highest BCUT2D eigenvalue weighted by Gasteiger charge is 2.50. The maximum Gasteiger partial charge on any atom is 0.410 e. The summed E-state index contributed by atoms with van der Waals surface area (Å²) >= 11 is 13.6. The second-order valence-electron chi connectivity index (χ2n) is 14.4. The summed E-state index contributed by atoms with van der Waals surface area (Å²) in [6.45, 7) is 8.47. The molecule has 2 bridgehead atoms. The smallest absolute Gasteiger partial charge is 0.410 e. The topological polar surface area (TPSA) is 88.9 Å². The van der Waals surface area contributed by atoms with Crippen molar-refractivity contribution in [1.82, 2.24) is 29.5 Å². The van der Waals surface area contributed by atoms with E-state index in [1.807, 2.05) is 56.0 Å². The number of carbonyl (C=O) groups is 1. The number of anilines is 1. The van der Waals surface area contributed by atoms with Crippen molar-refractivity contribution in [3.63, 3.8) is 0 Å². The molecule has 47 heavy (non-hydrogen) atoms. The Morgan fingerprint density at radius 1 is 1.09 bits per heavy atom. The van der Waals surface area contributed by atoms with E-state index in [1.54, 1.807) is 10.9 Å². The number of alkyl halides is 1. The van der Waals surface area contributed by atoms with Gasteiger partial charge in [-0.1, -0.05) is 35.3 Å². The van der Waals surface area contributed by atoms with Gasteiger partial charge in [0.25, 0.3) is 0 Å². The number of aromatic nitrogens is 4. The Bertz CT molecular complexity index is 1870. The van der Waals surface area contributed by atoms with E-state index in [9.17, 15) is 9.18 Å². The lowest BCUT2D eigenvalue weighted by molar-refractivity contribution is 0.0122. The molecule has 6 heterocycles. The predicted molar refractivity (Wildman–Crippen MR) is 180 cm³/mol. The molecule has 4 fully saturated rings. The van der Waals surface area contributed by atoms with Crippen LogP contribution in [0.15, 0.2) is 36.5 Å². The number of hydrogen-bond donors (Lipinski definition) is 0. The molecular weight excluding hydrogens is 644 g/mol. The first-order chi connectivity index (χ1) is 22.5. The van der Waals surface area contributed by atoms with Gasteiger partial charge in [0.05, 0.1) is 50.6 Å². The van der Waals surface area contributed by atoms with Gasteiger partial charge in [0.15, 0.2) is 0 Å². The van der Waals surface area contributed by atoms with Crippen molar-refractivity contribution in [2.75, 3.05) is 37.7 Å². The predicted octanol–water partition coefficient (Wildman–Crippen LogP) is 6.82. The Labute approximate surface area is 282 Å². The molecule has 0 N–H and O–H groups in total. The van der Waals surface area contributed by atoms with Crippen LogP contribution in [-0.4, -0.2) is 97.8 Å². The average molecular weight is 683 g/mol. The van der Waals surface area contributed by atoms with Crippen LogP contribution < -0.4 is 9.64 Å². The highest BCUT2D eigenvalue weighted by molar-refractivity contribution is 6.35. The molecule has 8 rings (SSSR count). The fourth-order valence-electron chi connectivity index (χ4n) is 8.13. The van der Waals surface area contributed by atoms with Crippen LogP contribution >= 0.6 is 23.2 Å². The van der Waals surface area contributed by atoms with E-state index >= 15 is 0 Å². The normalized spacial score (nSPS) is 26.0. The van der Waals surface area contributed by atoms with Crippen molar-refractivity contribution in [2.45, 2.75) is 82.3 Å². The van der Waals surface area contributed by atoms with Crippen LogP contribution in [0, 0.1) is 0 Å². The third kappa shape index (κ3) is 5.44. The molecule has 4 aliphatic rings. The molecule has 2 aromatic heterocycles. The molecule has 0 radical (unpaired) electrons. The molecule has 10 nitrogen and oxygen atoms in total. The summed E-state index contributed by atoms with van der Waals surface area (Å²) in [4.78, 5) is 29.4. The Morgan fingerprint density at radius 3 is 2.64 bits per heavy atom. The van der Waals surface area contributed by atoms with E-state index in [2.05, 4.69) is 14.9 Å². The van der Waals surface area contributed by atoms with Crippen LogP contribution in [0.1, 0.15) is 52.9 Å². The summed E-state index contributed by atoms with van der Waals surface area (Å²) in [5, 5.41) is 7.30. The van der Waals surface area contributed by atoms with Gasteiger partial charge in [-0.25, -0.2) is 13.9 Å². The summed E-state index contributed by atoms with van der Waals surface area (Å²) in [6.07, 6.45) is 4.75. The van der Waals surface area contributed by atoms with Crippen molar-refractivity contribution in [2.24, 2.45) is 0 Å². The number of benzene rings is 2. The largest absolute Gasteiger partial charge is 0.461 e. The molecule has 4 aliphatic heterocycles. The number of carbonyl (C=O) groups excluding carboxylic acids is 1. The molecule has 1 amide bonds. The fraction of sp³-hybridized carbons (Fsp3) is 0.529. The lowest BCUT2D eigenvalue weighted by Gasteiger charge is -2.42. The monoisotopic (exact) mass is 681 g/mol. The summed E-state index contributed by atoms with van der Waals surface area (Å²) in [6, 6.07) is 9.63. The first kappa shape index (κ1) is 30.9. The van der Waals surface area contributed by atoms with Gasteiger partial charge in [0.1, 0.15) is 24.2 Å². The van der Waals surface area contributed by atoms with Gasteiger partial charge in [0, 0.05) is 36.8 Å². The van der Waals surface area contributed by atoms with Gasteiger partial charge in [-0.05, 0) is 71.2 Å². The molecule has 4 aromatic rings. The quantitative estimate of drug-likeness (QED) is 0.227. The molecule has 4 atom stereocenters. The molecule has 13 heteroatoms. The van der Waals surface area contributed by atoms with Gasteiger partial charge in [-0.15, -0.1) is 0 Å². The number of piperazine rings is 1.